The van der Waals surface area contributed by atoms with Crippen LogP contribution in [0.3, 0.4) is 0 Å². The highest BCUT2D eigenvalue weighted by Crippen LogP contribution is 2.26. The SMILES string of the molecule is CN=C(NCc1cccc(NC(=O)C2CCCC2)c1)N1CCN(c2ccccn2)CC1.I. The Morgan fingerprint density at radius 3 is 2.56 bits per heavy atom. The summed E-state index contributed by atoms with van der Waals surface area (Å²) in [5.41, 5.74) is 1.99. The first kappa shape index (κ1) is 24.3. The van der Waals surface area contributed by atoms with E-state index in [1.54, 1.807) is 0 Å². The van der Waals surface area contributed by atoms with E-state index in [4.69, 9.17) is 0 Å². The number of halogens is 1. The number of carbonyl (C=O) groups excluding carboxylic acids is 1. The van der Waals surface area contributed by atoms with E-state index in [2.05, 4.69) is 42.5 Å². The summed E-state index contributed by atoms with van der Waals surface area (Å²) in [6.45, 7) is 4.29. The first-order valence-electron chi connectivity index (χ1n) is 11.2. The molecule has 0 bridgehead atoms. The molecule has 0 radical (unpaired) electrons. The summed E-state index contributed by atoms with van der Waals surface area (Å²) >= 11 is 0. The van der Waals surface area contributed by atoms with Gasteiger partial charge in [-0.3, -0.25) is 9.79 Å². The predicted octanol–water partition coefficient (Wildman–Crippen LogP) is 3.73. The van der Waals surface area contributed by atoms with Gasteiger partial charge in [-0.15, -0.1) is 24.0 Å². The van der Waals surface area contributed by atoms with Gasteiger partial charge in [0.1, 0.15) is 5.82 Å². The quantitative estimate of drug-likeness (QED) is 0.339. The van der Waals surface area contributed by atoms with Gasteiger partial charge in [0.2, 0.25) is 5.91 Å². The van der Waals surface area contributed by atoms with E-state index >= 15 is 0 Å². The molecule has 1 saturated heterocycles. The molecule has 1 amide bonds. The molecule has 0 spiro atoms. The normalized spacial score (nSPS) is 17.1. The Morgan fingerprint density at radius 2 is 1.88 bits per heavy atom. The average Bonchev–Trinajstić information content (AvgIpc) is 3.36. The summed E-state index contributed by atoms with van der Waals surface area (Å²) in [5, 5.41) is 6.57. The number of nitrogens with zero attached hydrogens (tertiary/aromatic N) is 4. The molecular weight excluding hydrogens is 515 g/mol. The molecule has 32 heavy (non-hydrogen) atoms. The molecule has 2 fully saturated rings. The number of aromatic nitrogens is 1. The number of hydrogen-bond acceptors (Lipinski definition) is 4. The molecule has 172 valence electrons. The number of carbonyl (C=O) groups is 1. The van der Waals surface area contributed by atoms with Gasteiger partial charge in [-0.1, -0.05) is 31.0 Å². The molecule has 2 N–H and O–H groups in total. The molecule has 1 aliphatic carbocycles. The fraction of sp³-hybridized carbons (Fsp3) is 0.458. The molecular formula is C24H33IN6O. The fourth-order valence-corrected chi connectivity index (χ4v) is 4.39. The molecule has 1 aromatic carbocycles. The molecule has 7 nitrogen and oxygen atoms in total. The molecule has 2 aliphatic rings. The number of aliphatic imine (C=N–C) groups is 1. The minimum Gasteiger partial charge on any atom is -0.353 e. The number of pyridine rings is 1. The Bertz CT molecular complexity index is 892. The van der Waals surface area contributed by atoms with Crippen LogP contribution in [0.5, 0.6) is 0 Å². The second-order valence-corrected chi connectivity index (χ2v) is 8.23. The monoisotopic (exact) mass is 548 g/mol. The van der Waals surface area contributed by atoms with Crippen LogP contribution in [0, 0.1) is 5.92 Å². The van der Waals surface area contributed by atoms with Crippen molar-refractivity contribution in [2.45, 2.75) is 32.2 Å². The van der Waals surface area contributed by atoms with Crippen LogP contribution < -0.4 is 15.5 Å². The highest BCUT2D eigenvalue weighted by Gasteiger charge is 2.23. The second-order valence-electron chi connectivity index (χ2n) is 8.23. The lowest BCUT2D eigenvalue weighted by molar-refractivity contribution is -0.119. The van der Waals surface area contributed by atoms with Gasteiger partial charge in [-0.05, 0) is 42.7 Å². The standard InChI is InChI=1S/C24H32N6O.HI/c1-25-24(30-15-13-29(14-16-30)22-11-4-5-12-26-22)27-18-19-7-6-10-21(17-19)28-23(31)20-8-2-3-9-20;/h4-7,10-12,17,20H,2-3,8-9,13-16,18H2,1H3,(H,25,27)(H,28,31);1H. The maximum atomic E-state index is 12.4. The van der Waals surface area contributed by atoms with Crippen LogP contribution in [-0.2, 0) is 11.3 Å². The van der Waals surface area contributed by atoms with Crippen LogP contribution in [0.2, 0.25) is 0 Å². The Labute approximate surface area is 207 Å². The van der Waals surface area contributed by atoms with Crippen molar-refractivity contribution in [2.24, 2.45) is 10.9 Å². The topological polar surface area (TPSA) is 72.9 Å². The van der Waals surface area contributed by atoms with Gasteiger partial charge in [0.15, 0.2) is 5.96 Å². The number of piperazine rings is 1. The van der Waals surface area contributed by atoms with Gasteiger partial charge in [0.25, 0.3) is 0 Å². The van der Waals surface area contributed by atoms with Crippen LogP contribution in [-0.4, -0.2) is 55.0 Å². The first-order chi connectivity index (χ1) is 15.2. The van der Waals surface area contributed by atoms with E-state index in [-0.39, 0.29) is 35.8 Å². The predicted molar refractivity (Wildman–Crippen MR) is 141 cm³/mol. The zero-order valence-corrected chi connectivity index (χ0v) is 21.0. The van der Waals surface area contributed by atoms with Crippen molar-refractivity contribution in [3.8, 4) is 0 Å². The molecule has 8 heteroatoms. The maximum absolute atomic E-state index is 12.4. The maximum Gasteiger partial charge on any atom is 0.227 e. The summed E-state index contributed by atoms with van der Waals surface area (Å²) < 4.78 is 0. The van der Waals surface area contributed by atoms with Crippen molar-refractivity contribution in [2.75, 3.05) is 43.4 Å². The molecule has 4 rings (SSSR count). The van der Waals surface area contributed by atoms with E-state index in [1.807, 2.05) is 43.6 Å². The van der Waals surface area contributed by atoms with Crippen molar-refractivity contribution in [3.63, 3.8) is 0 Å². The Balaban J connectivity index is 0.00000289. The third-order valence-corrected chi connectivity index (χ3v) is 6.14. The van der Waals surface area contributed by atoms with Crippen LogP contribution in [0.1, 0.15) is 31.2 Å². The smallest absolute Gasteiger partial charge is 0.227 e. The van der Waals surface area contributed by atoms with E-state index in [9.17, 15) is 4.79 Å². The summed E-state index contributed by atoms with van der Waals surface area (Å²) in [7, 11) is 1.83. The number of hydrogen-bond donors (Lipinski definition) is 2. The van der Waals surface area contributed by atoms with Crippen molar-refractivity contribution in [1.82, 2.24) is 15.2 Å². The van der Waals surface area contributed by atoms with Crippen LogP contribution in [0.4, 0.5) is 11.5 Å². The first-order valence-corrected chi connectivity index (χ1v) is 11.2. The minimum atomic E-state index is 0. The number of rotatable bonds is 5. The minimum absolute atomic E-state index is 0. The molecule has 2 aromatic rings. The van der Waals surface area contributed by atoms with Gasteiger partial charge in [-0.2, -0.15) is 0 Å². The van der Waals surface area contributed by atoms with Crippen LogP contribution in [0.25, 0.3) is 0 Å². The van der Waals surface area contributed by atoms with E-state index in [0.717, 1.165) is 74.9 Å². The van der Waals surface area contributed by atoms with Crippen molar-refractivity contribution in [3.05, 3.63) is 54.2 Å². The third kappa shape index (κ3) is 6.34. The zero-order chi connectivity index (χ0) is 21.5. The van der Waals surface area contributed by atoms with Gasteiger partial charge in [0, 0.05) is 57.6 Å². The number of anilines is 2. The summed E-state index contributed by atoms with van der Waals surface area (Å²) in [6.07, 6.45) is 6.19. The highest BCUT2D eigenvalue weighted by molar-refractivity contribution is 14.0. The van der Waals surface area contributed by atoms with E-state index < -0.39 is 0 Å². The summed E-state index contributed by atoms with van der Waals surface area (Å²) in [5.74, 6) is 2.26. The average molecular weight is 548 g/mol. The number of benzene rings is 1. The van der Waals surface area contributed by atoms with Crippen LogP contribution in [0.15, 0.2) is 53.7 Å². The van der Waals surface area contributed by atoms with Crippen molar-refractivity contribution >= 4 is 47.3 Å². The Kier molecular flexibility index (Phi) is 9.13. The molecule has 1 saturated carbocycles. The second kappa shape index (κ2) is 12.0. The highest BCUT2D eigenvalue weighted by atomic mass is 127. The number of nitrogens with one attached hydrogen (secondary N) is 2. The number of amides is 1. The molecule has 1 aromatic heterocycles. The Morgan fingerprint density at radius 1 is 1.09 bits per heavy atom. The molecule has 2 heterocycles. The largest absolute Gasteiger partial charge is 0.353 e. The van der Waals surface area contributed by atoms with Gasteiger partial charge in [0.05, 0.1) is 0 Å². The molecule has 1 aliphatic heterocycles. The van der Waals surface area contributed by atoms with Gasteiger partial charge >= 0.3 is 0 Å². The molecule has 0 unspecified atom stereocenters. The van der Waals surface area contributed by atoms with Gasteiger partial charge < -0.3 is 20.4 Å². The third-order valence-electron chi connectivity index (χ3n) is 6.14. The lowest BCUT2D eigenvalue weighted by atomic mass is 10.1. The Hall–Kier alpha value is -2.36. The van der Waals surface area contributed by atoms with Crippen molar-refractivity contribution < 1.29 is 4.79 Å². The number of guanidine groups is 1. The lowest BCUT2D eigenvalue weighted by Gasteiger charge is -2.37. The summed E-state index contributed by atoms with van der Waals surface area (Å²) in [6, 6.07) is 14.1. The zero-order valence-electron chi connectivity index (χ0n) is 18.7. The van der Waals surface area contributed by atoms with Crippen LogP contribution >= 0.6 is 24.0 Å². The molecule has 0 atom stereocenters. The summed E-state index contributed by atoms with van der Waals surface area (Å²) in [4.78, 5) is 25.9. The fourth-order valence-electron chi connectivity index (χ4n) is 4.39. The van der Waals surface area contributed by atoms with Gasteiger partial charge in [-0.25, -0.2) is 4.98 Å². The van der Waals surface area contributed by atoms with E-state index in [1.165, 1.54) is 0 Å². The van der Waals surface area contributed by atoms with Crippen molar-refractivity contribution in [1.29, 1.82) is 0 Å². The van der Waals surface area contributed by atoms with E-state index in [0.29, 0.717) is 6.54 Å². The lowest BCUT2D eigenvalue weighted by Crippen LogP contribution is -2.52.